The molecule has 0 saturated carbocycles. The number of methoxy groups -OCH3 is 1. The zero-order chi connectivity index (χ0) is 8.81. The summed E-state index contributed by atoms with van der Waals surface area (Å²) in [6, 6.07) is 0. The van der Waals surface area contributed by atoms with Gasteiger partial charge in [-0.2, -0.15) is 0 Å². The molecule has 0 spiro atoms. The summed E-state index contributed by atoms with van der Waals surface area (Å²) in [5.41, 5.74) is 1.74. The van der Waals surface area contributed by atoms with E-state index in [-0.39, 0.29) is 0 Å². The molecule has 0 aliphatic rings. The minimum absolute atomic E-state index is 0.730. The number of ether oxygens (including phenoxy) is 1. The Morgan fingerprint density at radius 3 is 3.00 bits per heavy atom. The van der Waals surface area contributed by atoms with Gasteiger partial charge in [0, 0.05) is 20.2 Å². The third-order valence-electron chi connectivity index (χ3n) is 1.57. The van der Waals surface area contributed by atoms with Crippen molar-refractivity contribution in [3.63, 3.8) is 0 Å². The first-order chi connectivity index (χ1) is 5.88. The lowest BCUT2D eigenvalue weighted by atomic mass is 10.5. The number of aromatic nitrogens is 2. The molecule has 0 aliphatic heterocycles. The van der Waals surface area contributed by atoms with E-state index >= 15 is 0 Å². The molecule has 1 heterocycles. The molecule has 0 aliphatic carbocycles. The van der Waals surface area contributed by atoms with Crippen LogP contribution in [0, 0.1) is 0 Å². The van der Waals surface area contributed by atoms with Gasteiger partial charge in [-0.05, 0) is 6.92 Å². The summed E-state index contributed by atoms with van der Waals surface area (Å²) in [5.74, 6) is 0. The molecular formula is C7H13N3OS. The molecule has 0 unspecified atom stereocenters. The van der Waals surface area contributed by atoms with Crippen molar-refractivity contribution >= 4 is 16.5 Å². The molecule has 1 rings (SSSR count). The van der Waals surface area contributed by atoms with Crippen molar-refractivity contribution in [2.45, 2.75) is 6.92 Å². The average molecular weight is 187 g/mol. The van der Waals surface area contributed by atoms with Crippen LogP contribution in [-0.2, 0) is 4.74 Å². The van der Waals surface area contributed by atoms with Crippen LogP contribution in [0.25, 0.3) is 0 Å². The molecule has 1 aromatic rings. The quantitative estimate of drug-likeness (QED) is 0.689. The van der Waals surface area contributed by atoms with E-state index in [1.807, 2.05) is 0 Å². The highest BCUT2D eigenvalue weighted by Crippen LogP contribution is 2.14. The summed E-state index contributed by atoms with van der Waals surface area (Å²) in [6.07, 6.45) is 0. The molecule has 5 heteroatoms. The van der Waals surface area contributed by atoms with Crippen molar-refractivity contribution in [2.24, 2.45) is 0 Å². The lowest BCUT2D eigenvalue weighted by Gasteiger charge is -2.17. The van der Waals surface area contributed by atoms with E-state index in [0.717, 1.165) is 24.8 Å². The lowest BCUT2D eigenvalue weighted by molar-refractivity contribution is 0.205. The Morgan fingerprint density at radius 1 is 1.67 bits per heavy atom. The van der Waals surface area contributed by atoms with Crippen LogP contribution in [0.15, 0.2) is 5.51 Å². The molecule has 0 radical (unpaired) electrons. The van der Waals surface area contributed by atoms with Crippen LogP contribution in [0.2, 0.25) is 0 Å². The summed E-state index contributed by atoms with van der Waals surface area (Å²) in [5, 5.41) is 8.73. The van der Waals surface area contributed by atoms with Crippen molar-refractivity contribution in [1.82, 2.24) is 10.2 Å². The second-order valence-electron chi connectivity index (χ2n) is 2.29. The van der Waals surface area contributed by atoms with Crippen molar-refractivity contribution in [2.75, 3.05) is 31.7 Å². The van der Waals surface area contributed by atoms with Gasteiger partial charge in [0.2, 0.25) is 5.13 Å². The Labute approximate surface area is 76.2 Å². The summed E-state index contributed by atoms with van der Waals surface area (Å²) < 4.78 is 4.99. The monoisotopic (exact) mass is 187 g/mol. The molecular weight excluding hydrogens is 174 g/mol. The van der Waals surface area contributed by atoms with Gasteiger partial charge in [-0.3, -0.25) is 0 Å². The molecule has 0 aromatic carbocycles. The van der Waals surface area contributed by atoms with Gasteiger partial charge in [-0.25, -0.2) is 0 Å². The lowest BCUT2D eigenvalue weighted by Crippen LogP contribution is -2.26. The summed E-state index contributed by atoms with van der Waals surface area (Å²) in [6.45, 7) is 4.64. The summed E-state index contributed by atoms with van der Waals surface area (Å²) in [7, 11) is 1.70. The summed E-state index contributed by atoms with van der Waals surface area (Å²) in [4.78, 5) is 2.14. The van der Waals surface area contributed by atoms with Gasteiger partial charge in [-0.15, -0.1) is 10.2 Å². The molecule has 0 bridgehead atoms. The molecule has 0 fully saturated rings. The van der Waals surface area contributed by atoms with Crippen molar-refractivity contribution in [3.8, 4) is 0 Å². The molecule has 0 atom stereocenters. The second-order valence-corrected chi connectivity index (χ2v) is 3.11. The Bertz CT molecular complexity index is 202. The van der Waals surface area contributed by atoms with Crippen LogP contribution in [0.4, 0.5) is 5.13 Å². The zero-order valence-electron chi connectivity index (χ0n) is 7.36. The number of likely N-dealkylation sites (N-methyl/N-ethyl adjacent to an activating group) is 1. The van der Waals surface area contributed by atoms with Gasteiger partial charge in [-0.1, -0.05) is 11.3 Å². The molecule has 1 aromatic heterocycles. The molecule has 0 amide bonds. The maximum atomic E-state index is 4.99. The molecule has 68 valence electrons. The second kappa shape index (κ2) is 5.05. The first-order valence-corrected chi connectivity index (χ1v) is 4.76. The Balaban J connectivity index is 2.45. The number of anilines is 1. The fraction of sp³-hybridized carbons (Fsp3) is 0.714. The minimum atomic E-state index is 0.730. The van der Waals surface area contributed by atoms with Crippen LogP contribution in [0.5, 0.6) is 0 Å². The van der Waals surface area contributed by atoms with Crippen molar-refractivity contribution < 1.29 is 4.74 Å². The Kier molecular flexibility index (Phi) is 3.96. The third-order valence-corrected chi connectivity index (χ3v) is 2.32. The predicted molar refractivity (Wildman–Crippen MR) is 49.7 cm³/mol. The first-order valence-electron chi connectivity index (χ1n) is 3.88. The smallest absolute Gasteiger partial charge is 0.208 e. The topological polar surface area (TPSA) is 38.2 Å². The maximum Gasteiger partial charge on any atom is 0.208 e. The fourth-order valence-corrected chi connectivity index (χ4v) is 1.55. The zero-order valence-corrected chi connectivity index (χ0v) is 8.17. The van der Waals surface area contributed by atoms with Gasteiger partial charge in [0.25, 0.3) is 0 Å². The summed E-state index contributed by atoms with van der Waals surface area (Å²) >= 11 is 1.55. The third kappa shape index (κ3) is 2.42. The highest BCUT2D eigenvalue weighted by Gasteiger charge is 2.05. The molecule has 12 heavy (non-hydrogen) atoms. The van der Waals surface area contributed by atoms with Crippen LogP contribution in [0.3, 0.4) is 0 Å². The highest BCUT2D eigenvalue weighted by atomic mass is 32.1. The van der Waals surface area contributed by atoms with Crippen LogP contribution in [0.1, 0.15) is 6.92 Å². The maximum absolute atomic E-state index is 4.99. The Hall–Kier alpha value is -0.680. The molecule has 4 nitrogen and oxygen atoms in total. The number of hydrogen-bond donors (Lipinski definition) is 0. The molecule has 0 saturated heterocycles. The van der Waals surface area contributed by atoms with E-state index in [9.17, 15) is 0 Å². The SMILES string of the molecule is CCN(CCOC)c1nncs1. The standard InChI is InChI=1S/C7H13N3OS/c1-3-10(4-5-11-2)7-9-8-6-12-7/h6H,3-5H2,1-2H3. The number of nitrogens with zero attached hydrogens (tertiary/aromatic N) is 3. The number of rotatable bonds is 5. The molecule has 0 N–H and O–H groups in total. The van der Waals surface area contributed by atoms with E-state index in [1.54, 1.807) is 24.0 Å². The van der Waals surface area contributed by atoms with Gasteiger partial charge < -0.3 is 9.64 Å². The fourth-order valence-electron chi connectivity index (χ4n) is 0.896. The highest BCUT2D eigenvalue weighted by molar-refractivity contribution is 7.13. The Morgan fingerprint density at radius 2 is 2.50 bits per heavy atom. The van der Waals surface area contributed by atoms with E-state index < -0.39 is 0 Å². The minimum Gasteiger partial charge on any atom is -0.383 e. The largest absolute Gasteiger partial charge is 0.383 e. The van der Waals surface area contributed by atoms with E-state index in [2.05, 4.69) is 22.0 Å². The van der Waals surface area contributed by atoms with Crippen LogP contribution >= 0.6 is 11.3 Å². The van der Waals surface area contributed by atoms with Gasteiger partial charge in [0.05, 0.1) is 6.61 Å². The average Bonchev–Trinajstić information content (AvgIpc) is 2.59. The van der Waals surface area contributed by atoms with Crippen molar-refractivity contribution in [3.05, 3.63) is 5.51 Å². The van der Waals surface area contributed by atoms with E-state index in [4.69, 9.17) is 4.74 Å². The van der Waals surface area contributed by atoms with Gasteiger partial charge >= 0.3 is 0 Å². The van der Waals surface area contributed by atoms with E-state index in [0.29, 0.717) is 0 Å². The van der Waals surface area contributed by atoms with E-state index in [1.165, 1.54) is 0 Å². The van der Waals surface area contributed by atoms with Gasteiger partial charge in [0.1, 0.15) is 5.51 Å². The van der Waals surface area contributed by atoms with Crippen molar-refractivity contribution in [1.29, 1.82) is 0 Å². The van der Waals surface area contributed by atoms with Crippen LogP contribution < -0.4 is 4.90 Å². The van der Waals surface area contributed by atoms with Crippen LogP contribution in [-0.4, -0.2) is 37.0 Å². The van der Waals surface area contributed by atoms with Gasteiger partial charge in [0.15, 0.2) is 0 Å². The first kappa shape index (κ1) is 9.41. The predicted octanol–water partition coefficient (Wildman–Crippen LogP) is 1.01. The normalized spacial score (nSPS) is 10.2. The number of hydrogen-bond acceptors (Lipinski definition) is 5.